The Bertz CT molecular complexity index is 1410. The van der Waals surface area contributed by atoms with Crippen LogP contribution in [0.2, 0.25) is 0 Å². The van der Waals surface area contributed by atoms with Crippen molar-refractivity contribution in [2.24, 2.45) is 0 Å². The molecule has 0 aliphatic heterocycles. The number of carbonyl (C=O) groups excluding carboxylic acids is 2. The van der Waals surface area contributed by atoms with Crippen molar-refractivity contribution >= 4 is 28.5 Å². The number of rotatable bonds is 6. The number of ether oxygens (including phenoxy) is 1. The van der Waals surface area contributed by atoms with Crippen molar-refractivity contribution in [1.82, 2.24) is 4.90 Å². The van der Waals surface area contributed by atoms with Gasteiger partial charge in [0.15, 0.2) is 11.0 Å². The van der Waals surface area contributed by atoms with Gasteiger partial charge in [-0.3, -0.25) is 14.4 Å². The maximum Gasteiger partial charge on any atom is 0.257 e. The summed E-state index contributed by atoms with van der Waals surface area (Å²) in [6, 6.07) is 21.0. The number of hydrogen-bond donors (Lipinski definition) is 1. The molecule has 1 heterocycles. The largest absolute Gasteiger partial charge is 0.497 e. The molecule has 0 saturated heterocycles. The molecule has 1 N–H and O–H groups in total. The SMILES string of the molecule is COc1ccc(NC(=O)CN(C)C(=O)c2cccc3c(=O)c(C)c(-c4ccccc4)oc23)cc1. The predicted molar refractivity (Wildman–Crippen MR) is 131 cm³/mol. The lowest BCUT2D eigenvalue weighted by atomic mass is 10.0. The van der Waals surface area contributed by atoms with Crippen LogP contribution < -0.4 is 15.5 Å². The number of nitrogens with zero attached hydrogens (tertiary/aromatic N) is 1. The first-order valence-corrected chi connectivity index (χ1v) is 10.7. The smallest absolute Gasteiger partial charge is 0.257 e. The van der Waals surface area contributed by atoms with E-state index < -0.39 is 5.91 Å². The molecule has 1 aromatic heterocycles. The number of benzene rings is 3. The molecule has 0 aliphatic rings. The van der Waals surface area contributed by atoms with Crippen molar-refractivity contribution in [3.63, 3.8) is 0 Å². The van der Waals surface area contributed by atoms with Crippen LogP contribution in [0.4, 0.5) is 5.69 Å². The molecule has 0 atom stereocenters. The lowest BCUT2D eigenvalue weighted by molar-refractivity contribution is -0.116. The molecule has 7 nitrogen and oxygen atoms in total. The lowest BCUT2D eigenvalue weighted by Crippen LogP contribution is -2.35. The van der Waals surface area contributed by atoms with Gasteiger partial charge in [0.2, 0.25) is 5.91 Å². The van der Waals surface area contributed by atoms with E-state index in [1.54, 1.807) is 56.5 Å². The molecule has 0 radical (unpaired) electrons. The van der Waals surface area contributed by atoms with Gasteiger partial charge in [0.05, 0.1) is 24.6 Å². The van der Waals surface area contributed by atoms with E-state index in [9.17, 15) is 14.4 Å². The number of hydrogen-bond acceptors (Lipinski definition) is 5. The molecule has 34 heavy (non-hydrogen) atoms. The summed E-state index contributed by atoms with van der Waals surface area (Å²) in [4.78, 5) is 40.1. The second-order valence-corrected chi connectivity index (χ2v) is 7.87. The summed E-state index contributed by atoms with van der Waals surface area (Å²) in [5.74, 6) is 0.302. The minimum atomic E-state index is -0.429. The first kappa shape index (κ1) is 22.8. The summed E-state index contributed by atoms with van der Waals surface area (Å²) < 4.78 is 11.2. The molecule has 0 bridgehead atoms. The van der Waals surface area contributed by atoms with Gasteiger partial charge in [-0.1, -0.05) is 36.4 Å². The molecule has 0 saturated carbocycles. The van der Waals surface area contributed by atoms with Crippen LogP contribution >= 0.6 is 0 Å². The fourth-order valence-corrected chi connectivity index (χ4v) is 3.71. The number of carbonyl (C=O) groups is 2. The summed E-state index contributed by atoms with van der Waals surface area (Å²) in [6.07, 6.45) is 0. The van der Waals surface area contributed by atoms with Crippen LogP contribution in [-0.2, 0) is 4.79 Å². The number of para-hydroxylation sites is 1. The van der Waals surface area contributed by atoms with Crippen LogP contribution in [-0.4, -0.2) is 37.4 Å². The van der Waals surface area contributed by atoms with Crippen molar-refractivity contribution in [1.29, 1.82) is 0 Å². The number of methoxy groups -OCH3 is 1. The highest BCUT2D eigenvalue weighted by atomic mass is 16.5. The Kier molecular flexibility index (Phi) is 6.45. The molecule has 0 unspecified atom stereocenters. The first-order valence-electron chi connectivity index (χ1n) is 10.7. The molecule has 2 amide bonds. The average molecular weight is 456 g/mol. The molecule has 4 aromatic rings. The van der Waals surface area contributed by atoms with Crippen LogP contribution in [0.15, 0.2) is 82.0 Å². The highest BCUT2D eigenvalue weighted by Crippen LogP contribution is 2.27. The fraction of sp³-hybridized carbons (Fsp3) is 0.148. The Balaban J connectivity index is 1.62. The van der Waals surface area contributed by atoms with E-state index in [1.807, 2.05) is 30.3 Å². The van der Waals surface area contributed by atoms with Crippen LogP contribution in [0.3, 0.4) is 0 Å². The second-order valence-electron chi connectivity index (χ2n) is 7.87. The van der Waals surface area contributed by atoms with Crippen molar-refractivity contribution < 1.29 is 18.7 Å². The zero-order valence-electron chi connectivity index (χ0n) is 19.1. The maximum absolute atomic E-state index is 13.2. The van der Waals surface area contributed by atoms with E-state index in [4.69, 9.17) is 9.15 Å². The van der Waals surface area contributed by atoms with E-state index in [1.165, 1.54) is 11.9 Å². The predicted octanol–water partition coefficient (Wildman–Crippen LogP) is 4.49. The third-order valence-corrected chi connectivity index (χ3v) is 5.51. The third kappa shape index (κ3) is 4.54. The lowest BCUT2D eigenvalue weighted by Gasteiger charge is -2.18. The Morgan fingerprint density at radius 3 is 2.35 bits per heavy atom. The molecule has 0 fully saturated rings. The van der Waals surface area contributed by atoms with Crippen molar-refractivity contribution in [2.45, 2.75) is 6.92 Å². The second kappa shape index (κ2) is 9.62. The van der Waals surface area contributed by atoms with Gasteiger partial charge < -0.3 is 19.4 Å². The van der Waals surface area contributed by atoms with Gasteiger partial charge >= 0.3 is 0 Å². The number of anilines is 1. The summed E-state index contributed by atoms with van der Waals surface area (Å²) >= 11 is 0. The van der Waals surface area contributed by atoms with Crippen LogP contribution in [0.5, 0.6) is 5.75 Å². The quantitative estimate of drug-likeness (QED) is 0.462. The molecule has 7 heteroatoms. The van der Waals surface area contributed by atoms with E-state index >= 15 is 0 Å². The summed E-state index contributed by atoms with van der Waals surface area (Å²) in [5, 5.41) is 3.07. The van der Waals surface area contributed by atoms with Gasteiger partial charge in [-0.05, 0) is 43.3 Å². The Labute approximate surface area is 196 Å². The Hall–Kier alpha value is -4.39. The van der Waals surface area contributed by atoms with Crippen LogP contribution in [0, 0.1) is 6.92 Å². The van der Waals surface area contributed by atoms with Gasteiger partial charge in [-0.15, -0.1) is 0 Å². The number of nitrogens with one attached hydrogen (secondary N) is 1. The summed E-state index contributed by atoms with van der Waals surface area (Å²) in [7, 11) is 3.09. The van der Waals surface area contributed by atoms with Gasteiger partial charge in [-0.2, -0.15) is 0 Å². The van der Waals surface area contributed by atoms with Crippen LogP contribution in [0.1, 0.15) is 15.9 Å². The maximum atomic E-state index is 13.2. The fourth-order valence-electron chi connectivity index (χ4n) is 3.71. The average Bonchev–Trinajstić information content (AvgIpc) is 2.86. The molecule has 0 aliphatic carbocycles. The number of likely N-dealkylation sites (N-methyl/N-ethyl adjacent to an activating group) is 1. The summed E-state index contributed by atoms with van der Waals surface area (Å²) in [5.41, 5.74) is 2.01. The zero-order chi connectivity index (χ0) is 24.2. The van der Waals surface area contributed by atoms with E-state index in [-0.39, 0.29) is 29.0 Å². The van der Waals surface area contributed by atoms with Crippen molar-refractivity contribution in [2.75, 3.05) is 26.0 Å². The highest BCUT2D eigenvalue weighted by molar-refractivity contribution is 6.06. The zero-order valence-corrected chi connectivity index (χ0v) is 19.1. The number of amides is 2. The normalized spacial score (nSPS) is 10.7. The van der Waals surface area contributed by atoms with Crippen LogP contribution in [0.25, 0.3) is 22.3 Å². The minimum Gasteiger partial charge on any atom is -0.497 e. The molecule has 172 valence electrons. The third-order valence-electron chi connectivity index (χ3n) is 5.51. The number of fused-ring (bicyclic) bond motifs is 1. The molecule has 3 aromatic carbocycles. The first-order chi connectivity index (χ1) is 16.4. The molecule has 4 rings (SSSR count). The standard InChI is InChI=1S/C27H24N2O5/c1-17-24(31)21-10-7-11-22(26(21)34-25(17)18-8-5-4-6-9-18)27(32)29(2)16-23(30)28-19-12-14-20(33-3)15-13-19/h4-15H,16H2,1-3H3,(H,28,30). The van der Waals surface area contributed by atoms with Crippen molar-refractivity contribution in [3.05, 3.63) is 94.1 Å². The van der Waals surface area contributed by atoms with Gasteiger partial charge in [0.25, 0.3) is 5.91 Å². The van der Waals surface area contributed by atoms with Gasteiger partial charge in [-0.25, -0.2) is 0 Å². The monoisotopic (exact) mass is 456 g/mol. The van der Waals surface area contributed by atoms with E-state index in [2.05, 4.69) is 5.32 Å². The minimum absolute atomic E-state index is 0.178. The van der Waals surface area contributed by atoms with Gasteiger partial charge in [0, 0.05) is 23.9 Å². The Morgan fingerprint density at radius 2 is 1.68 bits per heavy atom. The molecular weight excluding hydrogens is 432 g/mol. The van der Waals surface area contributed by atoms with Gasteiger partial charge in [0.1, 0.15) is 11.5 Å². The highest BCUT2D eigenvalue weighted by Gasteiger charge is 2.22. The van der Waals surface area contributed by atoms with Crippen molar-refractivity contribution in [3.8, 4) is 17.1 Å². The topological polar surface area (TPSA) is 88.9 Å². The molecular formula is C27H24N2O5. The van der Waals surface area contributed by atoms with E-state index in [0.717, 1.165) is 5.56 Å². The van der Waals surface area contributed by atoms with E-state index in [0.29, 0.717) is 28.1 Å². The summed E-state index contributed by atoms with van der Waals surface area (Å²) in [6.45, 7) is 1.53. The molecule has 0 spiro atoms. The Morgan fingerprint density at radius 1 is 0.971 bits per heavy atom.